The summed E-state index contributed by atoms with van der Waals surface area (Å²) >= 11 is 5.82. The summed E-state index contributed by atoms with van der Waals surface area (Å²) in [5.41, 5.74) is 3.48. The lowest BCUT2D eigenvalue weighted by molar-refractivity contribution is 0.321. The van der Waals surface area contributed by atoms with E-state index in [1.54, 1.807) is 28.4 Å². The van der Waals surface area contributed by atoms with Crippen molar-refractivity contribution in [2.24, 2.45) is 0 Å². The van der Waals surface area contributed by atoms with E-state index < -0.39 is 0 Å². The minimum atomic E-state index is -0.0629. The van der Waals surface area contributed by atoms with Crippen LogP contribution in [0.15, 0.2) is 30.3 Å². The highest BCUT2D eigenvalue weighted by Crippen LogP contribution is 2.43. The van der Waals surface area contributed by atoms with Crippen molar-refractivity contribution in [1.82, 2.24) is 10.2 Å². The van der Waals surface area contributed by atoms with E-state index in [-0.39, 0.29) is 6.04 Å². The molecule has 2 aliphatic rings. The second-order valence-corrected chi connectivity index (χ2v) is 7.98. The minimum absolute atomic E-state index is 0.0629. The molecule has 0 aromatic heterocycles. The van der Waals surface area contributed by atoms with Crippen LogP contribution in [0.4, 0.5) is 0 Å². The van der Waals surface area contributed by atoms with Gasteiger partial charge in [0, 0.05) is 12.6 Å². The Hall–Kier alpha value is -2.67. The van der Waals surface area contributed by atoms with Gasteiger partial charge < -0.3 is 29.2 Å². The topological polar surface area (TPSA) is 52.2 Å². The van der Waals surface area contributed by atoms with E-state index in [9.17, 15) is 0 Å². The van der Waals surface area contributed by atoms with E-state index in [4.69, 9.17) is 31.2 Å². The molecule has 1 fully saturated rings. The van der Waals surface area contributed by atoms with Crippen LogP contribution < -0.4 is 24.3 Å². The van der Waals surface area contributed by atoms with Crippen molar-refractivity contribution in [3.05, 3.63) is 47.0 Å². The van der Waals surface area contributed by atoms with Gasteiger partial charge in [0.25, 0.3) is 0 Å². The first kappa shape index (κ1) is 20.6. The zero-order valence-electron chi connectivity index (χ0n) is 17.9. The number of nitrogens with zero attached hydrogens (tertiary/aromatic N) is 1. The number of benzene rings is 2. The molecule has 0 amide bonds. The number of nitrogens with one attached hydrogen (secondary N) is 1. The van der Waals surface area contributed by atoms with Gasteiger partial charge in [-0.05, 0) is 72.4 Å². The number of hydrogen-bond acceptors (Lipinski definition) is 5. The van der Waals surface area contributed by atoms with Crippen molar-refractivity contribution in [2.75, 3.05) is 35.0 Å². The SMILES string of the molecule is COc1ccc([C@@H]2c3cc(OC)c(OC)cc3CCN2C(=S)NC2CC2)cc1OC. The Bertz CT molecular complexity index is 945. The van der Waals surface area contributed by atoms with Gasteiger partial charge in [-0.2, -0.15) is 0 Å². The van der Waals surface area contributed by atoms with Crippen LogP contribution in [-0.4, -0.2) is 51.0 Å². The Morgan fingerprint density at radius 1 is 0.900 bits per heavy atom. The van der Waals surface area contributed by atoms with Gasteiger partial charge in [0.15, 0.2) is 28.1 Å². The number of fused-ring (bicyclic) bond motifs is 1. The lowest BCUT2D eigenvalue weighted by Gasteiger charge is -2.40. The van der Waals surface area contributed by atoms with Gasteiger partial charge in [-0.1, -0.05) is 6.07 Å². The van der Waals surface area contributed by atoms with Gasteiger partial charge in [0.1, 0.15) is 0 Å². The molecule has 1 atom stereocenters. The highest BCUT2D eigenvalue weighted by molar-refractivity contribution is 7.80. The molecule has 0 bridgehead atoms. The summed E-state index contributed by atoms with van der Waals surface area (Å²) in [7, 11) is 6.63. The molecule has 1 saturated carbocycles. The van der Waals surface area contributed by atoms with Gasteiger partial charge in [-0.15, -0.1) is 0 Å². The summed E-state index contributed by atoms with van der Waals surface area (Å²) in [6.07, 6.45) is 3.24. The Morgan fingerprint density at radius 3 is 2.17 bits per heavy atom. The second-order valence-electron chi connectivity index (χ2n) is 7.59. The summed E-state index contributed by atoms with van der Waals surface area (Å²) in [5.74, 6) is 2.86. The summed E-state index contributed by atoms with van der Waals surface area (Å²) < 4.78 is 22.1. The summed E-state index contributed by atoms with van der Waals surface area (Å²) in [6, 6.07) is 10.6. The molecule has 7 heteroatoms. The average molecular weight is 429 g/mol. The smallest absolute Gasteiger partial charge is 0.169 e. The normalized spacial score (nSPS) is 17.7. The standard InChI is InChI=1S/C23H28N2O4S/c1-26-18-8-5-15(12-19(18)27-2)22-17-13-21(29-4)20(28-3)11-14(17)9-10-25(22)23(30)24-16-6-7-16/h5,8,11-13,16,22H,6-7,9-10H2,1-4H3,(H,24,30)/t22-/m1/s1. The van der Waals surface area contributed by atoms with E-state index in [0.29, 0.717) is 23.3 Å². The van der Waals surface area contributed by atoms with Gasteiger partial charge in [-0.3, -0.25) is 0 Å². The molecular weight excluding hydrogens is 400 g/mol. The summed E-state index contributed by atoms with van der Waals surface area (Å²) in [5, 5.41) is 4.29. The number of rotatable bonds is 6. The predicted molar refractivity (Wildman–Crippen MR) is 120 cm³/mol. The highest BCUT2D eigenvalue weighted by atomic mass is 32.1. The quantitative estimate of drug-likeness (QED) is 0.704. The maximum absolute atomic E-state index is 5.82. The molecule has 1 aliphatic heterocycles. The Morgan fingerprint density at radius 2 is 1.53 bits per heavy atom. The molecular formula is C23H28N2O4S. The van der Waals surface area contributed by atoms with Crippen LogP contribution >= 0.6 is 12.2 Å². The third kappa shape index (κ3) is 3.86. The molecule has 1 N–H and O–H groups in total. The maximum Gasteiger partial charge on any atom is 0.169 e. The van der Waals surface area contributed by atoms with Crippen molar-refractivity contribution in [3.8, 4) is 23.0 Å². The van der Waals surface area contributed by atoms with Gasteiger partial charge >= 0.3 is 0 Å². The average Bonchev–Trinajstić information content (AvgIpc) is 3.60. The molecule has 4 rings (SSSR count). The van der Waals surface area contributed by atoms with Gasteiger partial charge in [0.2, 0.25) is 0 Å². The van der Waals surface area contributed by atoms with Crippen molar-refractivity contribution in [3.63, 3.8) is 0 Å². The number of methoxy groups -OCH3 is 4. The molecule has 6 nitrogen and oxygen atoms in total. The van der Waals surface area contributed by atoms with Crippen molar-refractivity contribution < 1.29 is 18.9 Å². The molecule has 2 aromatic carbocycles. The molecule has 1 heterocycles. The fourth-order valence-corrected chi connectivity index (χ4v) is 4.40. The van der Waals surface area contributed by atoms with Crippen molar-refractivity contribution in [2.45, 2.75) is 31.3 Å². The molecule has 30 heavy (non-hydrogen) atoms. The Balaban J connectivity index is 1.82. The lowest BCUT2D eigenvalue weighted by atomic mass is 9.87. The second kappa shape index (κ2) is 8.60. The first-order valence-corrected chi connectivity index (χ1v) is 10.5. The van der Waals surface area contributed by atoms with Crippen molar-refractivity contribution >= 4 is 17.3 Å². The molecule has 0 spiro atoms. The molecule has 160 valence electrons. The largest absolute Gasteiger partial charge is 0.493 e. The predicted octanol–water partition coefficient (Wildman–Crippen LogP) is 3.71. The maximum atomic E-state index is 5.82. The molecule has 0 radical (unpaired) electrons. The zero-order valence-corrected chi connectivity index (χ0v) is 18.7. The van der Waals surface area contributed by atoms with Crippen LogP contribution in [0.3, 0.4) is 0 Å². The van der Waals surface area contributed by atoms with E-state index in [2.05, 4.69) is 28.4 Å². The molecule has 1 aliphatic carbocycles. The summed E-state index contributed by atoms with van der Waals surface area (Å²) in [4.78, 5) is 2.27. The zero-order chi connectivity index (χ0) is 21.3. The van der Waals surface area contributed by atoms with E-state index in [1.807, 2.05) is 12.1 Å². The minimum Gasteiger partial charge on any atom is -0.493 e. The van der Waals surface area contributed by atoms with Crippen LogP contribution in [0.2, 0.25) is 0 Å². The molecule has 0 unspecified atom stereocenters. The number of thiocarbonyl (C=S) groups is 1. The first-order chi connectivity index (χ1) is 14.6. The fourth-order valence-electron chi connectivity index (χ4n) is 4.03. The van der Waals surface area contributed by atoms with Crippen molar-refractivity contribution in [1.29, 1.82) is 0 Å². The van der Waals surface area contributed by atoms with Gasteiger partial charge in [0.05, 0.1) is 34.5 Å². The first-order valence-electron chi connectivity index (χ1n) is 10.1. The van der Waals surface area contributed by atoms with Crippen LogP contribution in [0, 0.1) is 0 Å². The van der Waals surface area contributed by atoms with E-state index >= 15 is 0 Å². The van der Waals surface area contributed by atoms with Gasteiger partial charge in [-0.25, -0.2) is 0 Å². The monoisotopic (exact) mass is 428 g/mol. The molecule has 0 saturated heterocycles. The van der Waals surface area contributed by atoms with Crippen LogP contribution in [0.5, 0.6) is 23.0 Å². The Kier molecular flexibility index (Phi) is 5.90. The number of hydrogen-bond donors (Lipinski definition) is 1. The van der Waals surface area contributed by atoms with Crippen LogP contribution in [0.1, 0.15) is 35.6 Å². The summed E-state index contributed by atoms with van der Waals surface area (Å²) in [6.45, 7) is 0.819. The highest BCUT2D eigenvalue weighted by Gasteiger charge is 2.34. The lowest BCUT2D eigenvalue weighted by Crippen LogP contribution is -2.46. The fraction of sp³-hybridized carbons (Fsp3) is 0.435. The number of ether oxygens (including phenoxy) is 4. The van der Waals surface area contributed by atoms with Crippen LogP contribution in [0.25, 0.3) is 0 Å². The third-order valence-corrected chi connectivity index (χ3v) is 6.12. The van der Waals surface area contributed by atoms with E-state index in [0.717, 1.165) is 35.0 Å². The Labute approximate surface area is 183 Å². The van der Waals surface area contributed by atoms with E-state index in [1.165, 1.54) is 18.4 Å². The third-order valence-electron chi connectivity index (χ3n) is 5.76. The van der Waals surface area contributed by atoms with Crippen LogP contribution in [-0.2, 0) is 6.42 Å². The molecule has 2 aromatic rings.